The van der Waals surface area contributed by atoms with Crippen LogP contribution in [0.25, 0.3) is 0 Å². The monoisotopic (exact) mass is 447 g/mol. The number of nitrogens with two attached hydrogens (primary N) is 1. The second-order valence-corrected chi connectivity index (χ2v) is 8.90. The Morgan fingerprint density at radius 1 is 1.24 bits per heavy atom. The first-order valence-electron chi connectivity index (χ1n) is 8.72. The Bertz CT molecular complexity index is 898. The fourth-order valence-corrected chi connectivity index (χ4v) is 4.53. The van der Waals surface area contributed by atoms with Gasteiger partial charge in [0.1, 0.15) is 4.90 Å². The van der Waals surface area contributed by atoms with Gasteiger partial charge >= 0.3 is 12.0 Å². The van der Waals surface area contributed by atoms with Crippen molar-refractivity contribution in [2.45, 2.75) is 24.8 Å². The van der Waals surface area contributed by atoms with Crippen LogP contribution >= 0.6 is 11.6 Å². The lowest BCUT2D eigenvalue weighted by Crippen LogP contribution is -2.45. The maximum atomic E-state index is 12.9. The number of primary amides is 1. The lowest BCUT2D eigenvalue weighted by Gasteiger charge is -2.26. The zero-order chi connectivity index (χ0) is 21.8. The highest BCUT2D eigenvalue weighted by Crippen LogP contribution is 2.27. The minimum Gasteiger partial charge on any atom is -0.448 e. The van der Waals surface area contributed by atoms with Crippen molar-refractivity contribution in [2.24, 2.45) is 11.7 Å². The number of halogens is 1. The molecular weight excluding hydrogens is 426 g/mol. The standard InChI is InChI=1S/C17H22ClN3O7S/c1-10(2)14(15(22)20-17(19)24)28-16(23)11-3-4-12(18)13(9-11)29(25,26)21-5-7-27-8-6-21/h3-4,9-10,14H,5-8H2,1-2H3,(H3,19,20,22,24). The number of hydrogen-bond donors (Lipinski definition) is 2. The summed E-state index contributed by atoms with van der Waals surface area (Å²) in [7, 11) is -3.95. The second kappa shape index (κ2) is 9.53. The fraction of sp³-hybridized carbons (Fsp3) is 0.471. The lowest BCUT2D eigenvalue weighted by molar-refractivity contribution is -0.130. The molecule has 1 unspecified atom stereocenters. The largest absolute Gasteiger partial charge is 0.448 e. The molecule has 1 aromatic rings. The third kappa shape index (κ3) is 5.66. The van der Waals surface area contributed by atoms with Crippen molar-refractivity contribution in [1.82, 2.24) is 9.62 Å². The van der Waals surface area contributed by atoms with Crippen LogP contribution in [-0.2, 0) is 24.3 Å². The van der Waals surface area contributed by atoms with Gasteiger partial charge in [0.05, 0.1) is 23.8 Å². The summed E-state index contributed by atoms with van der Waals surface area (Å²) in [6.07, 6.45) is -1.30. The van der Waals surface area contributed by atoms with Crippen molar-refractivity contribution in [3.8, 4) is 0 Å². The van der Waals surface area contributed by atoms with E-state index in [9.17, 15) is 22.8 Å². The van der Waals surface area contributed by atoms with Crippen LogP contribution in [0.2, 0.25) is 5.02 Å². The number of carbonyl (C=O) groups excluding carboxylic acids is 3. The molecule has 0 aromatic heterocycles. The molecule has 1 saturated heterocycles. The van der Waals surface area contributed by atoms with Crippen molar-refractivity contribution < 1.29 is 32.3 Å². The molecule has 10 nitrogen and oxygen atoms in total. The third-order valence-corrected chi connectivity index (χ3v) is 6.48. The van der Waals surface area contributed by atoms with Crippen molar-refractivity contribution >= 4 is 39.5 Å². The number of benzene rings is 1. The van der Waals surface area contributed by atoms with Crippen LogP contribution in [0.4, 0.5) is 4.79 Å². The van der Waals surface area contributed by atoms with E-state index in [1.807, 2.05) is 5.32 Å². The molecule has 3 amide bonds. The van der Waals surface area contributed by atoms with Gasteiger partial charge in [-0.05, 0) is 24.1 Å². The predicted molar refractivity (Wildman–Crippen MR) is 103 cm³/mol. The third-order valence-electron chi connectivity index (χ3n) is 4.10. The van der Waals surface area contributed by atoms with Gasteiger partial charge in [-0.15, -0.1) is 0 Å². The Morgan fingerprint density at radius 2 is 1.86 bits per heavy atom. The van der Waals surface area contributed by atoms with E-state index in [2.05, 4.69) is 0 Å². The molecule has 29 heavy (non-hydrogen) atoms. The molecule has 1 atom stereocenters. The summed E-state index contributed by atoms with van der Waals surface area (Å²) >= 11 is 6.06. The highest BCUT2D eigenvalue weighted by Gasteiger charge is 2.31. The van der Waals surface area contributed by atoms with Gasteiger partial charge < -0.3 is 15.2 Å². The number of morpholine rings is 1. The number of amides is 3. The number of ether oxygens (including phenoxy) is 2. The van der Waals surface area contributed by atoms with Crippen LogP contribution in [0.3, 0.4) is 0 Å². The van der Waals surface area contributed by atoms with E-state index in [0.717, 1.165) is 6.07 Å². The Kier molecular flexibility index (Phi) is 7.58. The van der Waals surface area contributed by atoms with E-state index in [1.165, 1.54) is 16.4 Å². The lowest BCUT2D eigenvalue weighted by atomic mass is 10.1. The van der Waals surface area contributed by atoms with Gasteiger partial charge in [0.25, 0.3) is 5.91 Å². The number of carbonyl (C=O) groups is 3. The van der Waals surface area contributed by atoms with Crippen LogP contribution in [0.5, 0.6) is 0 Å². The summed E-state index contributed by atoms with van der Waals surface area (Å²) in [5.41, 5.74) is 4.81. The van der Waals surface area contributed by atoms with Gasteiger partial charge in [0, 0.05) is 13.1 Å². The number of rotatable bonds is 6. The van der Waals surface area contributed by atoms with E-state index < -0.39 is 40.0 Å². The van der Waals surface area contributed by atoms with E-state index in [4.69, 9.17) is 26.8 Å². The van der Waals surface area contributed by atoms with Crippen LogP contribution in [0, 0.1) is 5.92 Å². The maximum absolute atomic E-state index is 12.9. The minimum absolute atomic E-state index is 0.0556. The van der Waals surface area contributed by atoms with Crippen LogP contribution in [-0.4, -0.2) is 63.0 Å². The van der Waals surface area contributed by atoms with Crippen molar-refractivity contribution in [1.29, 1.82) is 0 Å². The number of urea groups is 1. The minimum atomic E-state index is -3.95. The van der Waals surface area contributed by atoms with Crippen LogP contribution in [0.1, 0.15) is 24.2 Å². The molecule has 12 heteroatoms. The SMILES string of the molecule is CC(C)C(OC(=O)c1ccc(Cl)c(S(=O)(=O)N2CCOCC2)c1)C(=O)NC(N)=O. The predicted octanol–water partition coefficient (Wildman–Crippen LogP) is 0.737. The summed E-state index contributed by atoms with van der Waals surface area (Å²) in [5.74, 6) is -2.29. The summed E-state index contributed by atoms with van der Waals surface area (Å²) in [6, 6.07) is 2.56. The molecule has 0 saturated carbocycles. The topological polar surface area (TPSA) is 145 Å². The normalized spacial score (nSPS) is 16.3. The average molecular weight is 448 g/mol. The van der Waals surface area contributed by atoms with Gasteiger partial charge in [0.15, 0.2) is 6.10 Å². The molecule has 1 aliphatic heterocycles. The first-order valence-corrected chi connectivity index (χ1v) is 10.5. The molecule has 0 spiro atoms. The van der Waals surface area contributed by atoms with Gasteiger partial charge in [-0.3, -0.25) is 10.1 Å². The molecular formula is C17H22ClN3O7S. The number of hydrogen-bond acceptors (Lipinski definition) is 7. The van der Waals surface area contributed by atoms with Gasteiger partial charge in [-0.25, -0.2) is 18.0 Å². The number of nitrogens with zero attached hydrogens (tertiary/aromatic N) is 1. The van der Waals surface area contributed by atoms with Crippen molar-refractivity contribution in [2.75, 3.05) is 26.3 Å². The maximum Gasteiger partial charge on any atom is 0.338 e. The molecule has 160 valence electrons. The average Bonchev–Trinajstić information content (AvgIpc) is 2.65. The van der Waals surface area contributed by atoms with E-state index in [0.29, 0.717) is 0 Å². The molecule has 0 radical (unpaired) electrons. The number of imide groups is 1. The van der Waals surface area contributed by atoms with Crippen molar-refractivity contribution in [3.05, 3.63) is 28.8 Å². The quantitative estimate of drug-likeness (QED) is 0.611. The Balaban J connectivity index is 2.28. The molecule has 0 aliphatic carbocycles. The smallest absolute Gasteiger partial charge is 0.338 e. The highest BCUT2D eigenvalue weighted by atomic mass is 35.5. The molecule has 1 aromatic carbocycles. The molecule has 1 aliphatic rings. The zero-order valence-corrected chi connectivity index (χ0v) is 17.5. The first kappa shape index (κ1) is 23.1. The van der Waals surface area contributed by atoms with E-state index >= 15 is 0 Å². The number of nitrogens with one attached hydrogen (secondary N) is 1. The Hall–Kier alpha value is -2.21. The summed E-state index contributed by atoms with van der Waals surface area (Å²) in [4.78, 5) is 35.2. The van der Waals surface area contributed by atoms with Gasteiger partial charge in [-0.1, -0.05) is 25.4 Å². The van der Waals surface area contributed by atoms with Crippen molar-refractivity contribution in [3.63, 3.8) is 0 Å². The van der Waals surface area contributed by atoms with Crippen LogP contribution < -0.4 is 11.1 Å². The molecule has 3 N–H and O–H groups in total. The summed E-state index contributed by atoms with van der Waals surface area (Å²) < 4.78 is 37.3. The number of esters is 1. The zero-order valence-electron chi connectivity index (χ0n) is 15.9. The fourth-order valence-electron chi connectivity index (χ4n) is 2.62. The second-order valence-electron chi connectivity index (χ2n) is 6.59. The van der Waals surface area contributed by atoms with E-state index in [1.54, 1.807) is 13.8 Å². The molecule has 2 rings (SSSR count). The number of sulfonamides is 1. The summed E-state index contributed by atoms with van der Waals surface area (Å²) in [5, 5.41) is 1.80. The van der Waals surface area contributed by atoms with Gasteiger partial charge in [-0.2, -0.15) is 4.31 Å². The Morgan fingerprint density at radius 3 is 2.41 bits per heavy atom. The highest BCUT2D eigenvalue weighted by molar-refractivity contribution is 7.89. The van der Waals surface area contributed by atoms with Gasteiger partial charge in [0.2, 0.25) is 10.0 Å². The van der Waals surface area contributed by atoms with E-state index in [-0.39, 0.29) is 41.8 Å². The summed E-state index contributed by atoms with van der Waals surface area (Å²) in [6.45, 7) is 4.04. The molecule has 1 fully saturated rings. The molecule has 0 bridgehead atoms. The first-order chi connectivity index (χ1) is 13.5. The molecule has 1 heterocycles. The van der Waals surface area contributed by atoms with Crippen LogP contribution in [0.15, 0.2) is 23.1 Å². The Labute approximate surface area is 173 Å².